The molecule has 2 aliphatic rings. The fourth-order valence-electron chi connectivity index (χ4n) is 3.22. The lowest BCUT2D eigenvalue weighted by Gasteiger charge is -2.13. The van der Waals surface area contributed by atoms with Crippen molar-refractivity contribution in [3.63, 3.8) is 0 Å². The van der Waals surface area contributed by atoms with E-state index in [1.165, 1.54) is 28.6 Å². The molecule has 0 bridgehead atoms. The maximum Gasteiger partial charge on any atom is 0.266 e. The van der Waals surface area contributed by atoms with Crippen molar-refractivity contribution in [1.82, 2.24) is 24.6 Å². The van der Waals surface area contributed by atoms with Gasteiger partial charge in [-0.3, -0.25) is 19.0 Å². The summed E-state index contributed by atoms with van der Waals surface area (Å²) in [6.07, 6.45) is 2.46. The van der Waals surface area contributed by atoms with Crippen LogP contribution in [-0.4, -0.2) is 37.5 Å². The molecule has 4 rings (SSSR count). The summed E-state index contributed by atoms with van der Waals surface area (Å²) in [7, 11) is 0. The van der Waals surface area contributed by atoms with Gasteiger partial charge in [0.05, 0.1) is 18.3 Å². The van der Waals surface area contributed by atoms with Crippen LogP contribution in [0.1, 0.15) is 42.6 Å². The van der Waals surface area contributed by atoms with Crippen molar-refractivity contribution >= 4 is 17.7 Å². The monoisotopic (exact) mass is 387 g/mol. The van der Waals surface area contributed by atoms with Gasteiger partial charge in [-0.1, -0.05) is 11.8 Å². The summed E-state index contributed by atoms with van der Waals surface area (Å²) in [6, 6.07) is 4.63. The van der Waals surface area contributed by atoms with Crippen molar-refractivity contribution in [2.24, 2.45) is 0 Å². The van der Waals surface area contributed by atoms with Crippen molar-refractivity contribution in [2.75, 3.05) is 12.3 Å². The molecule has 0 radical (unpaired) electrons. The second-order valence-corrected chi connectivity index (χ2v) is 7.99. The van der Waals surface area contributed by atoms with Crippen LogP contribution in [0.4, 0.5) is 0 Å². The molecule has 0 aromatic carbocycles. The van der Waals surface area contributed by atoms with Crippen molar-refractivity contribution in [3.05, 3.63) is 50.3 Å². The van der Waals surface area contributed by atoms with E-state index in [0.29, 0.717) is 35.6 Å². The highest BCUT2D eigenvalue weighted by Crippen LogP contribution is 2.38. The van der Waals surface area contributed by atoms with E-state index in [4.69, 9.17) is 0 Å². The Morgan fingerprint density at radius 2 is 2.11 bits per heavy atom. The van der Waals surface area contributed by atoms with Crippen LogP contribution in [-0.2, 0) is 11.3 Å². The molecule has 1 N–H and O–H groups in total. The molecule has 1 fully saturated rings. The third kappa shape index (κ3) is 3.97. The minimum absolute atomic E-state index is 0.118. The first-order valence-corrected chi connectivity index (χ1v) is 10.1. The van der Waals surface area contributed by atoms with Crippen LogP contribution in [0.3, 0.4) is 0 Å². The van der Waals surface area contributed by atoms with Gasteiger partial charge in [-0.15, -0.1) is 0 Å². The second-order valence-electron chi connectivity index (χ2n) is 7.00. The first kappa shape index (κ1) is 18.0. The van der Waals surface area contributed by atoms with E-state index in [1.807, 2.05) is 0 Å². The lowest BCUT2D eigenvalue weighted by molar-refractivity contribution is -0.121. The zero-order valence-electron chi connectivity index (χ0n) is 15.1. The molecule has 0 saturated heterocycles. The second kappa shape index (κ2) is 7.30. The van der Waals surface area contributed by atoms with Gasteiger partial charge >= 0.3 is 0 Å². The summed E-state index contributed by atoms with van der Waals surface area (Å²) in [5.74, 6) is 0.984. The lowest BCUT2D eigenvalue weighted by atomic mass is 10.2. The van der Waals surface area contributed by atoms with Crippen LogP contribution in [0.15, 0.2) is 32.9 Å². The maximum absolute atomic E-state index is 12.3. The molecule has 1 aliphatic carbocycles. The van der Waals surface area contributed by atoms with Crippen LogP contribution in [0.2, 0.25) is 0 Å². The van der Waals surface area contributed by atoms with Gasteiger partial charge in [0, 0.05) is 42.5 Å². The van der Waals surface area contributed by atoms with Crippen LogP contribution in [0.25, 0.3) is 0 Å². The molecule has 1 atom stereocenters. The largest absolute Gasteiger partial charge is 0.354 e. The van der Waals surface area contributed by atoms with E-state index in [1.54, 1.807) is 17.6 Å². The molecular formula is C18H21N5O3S. The quantitative estimate of drug-likeness (QED) is 0.738. The average Bonchev–Trinajstić information content (AvgIpc) is 3.39. The number of aromatic nitrogens is 4. The number of fused-ring (bicyclic) bond motifs is 1. The molecule has 1 aliphatic heterocycles. The van der Waals surface area contributed by atoms with Crippen molar-refractivity contribution in [2.45, 2.75) is 49.8 Å². The SMILES string of the molecule is Cc1cc(=O)n2c(n1)SCC2CC(=O)NCCn1nc(C2CC2)ccc1=O. The molecule has 3 heterocycles. The van der Waals surface area contributed by atoms with Gasteiger partial charge in [-0.25, -0.2) is 9.67 Å². The molecule has 2 aromatic heterocycles. The number of thioether (sulfide) groups is 1. The van der Waals surface area contributed by atoms with Crippen molar-refractivity contribution in [1.29, 1.82) is 0 Å². The number of carbonyl (C=O) groups excluding carboxylic acids is 1. The average molecular weight is 387 g/mol. The Bertz CT molecular complexity index is 995. The number of nitrogens with zero attached hydrogens (tertiary/aromatic N) is 4. The summed E-state index contributed by atoms with van der Waals surface area (Å²) in [5, 5.41) is 7.88. The smallest absolute Gasteiger partial charge is 0.266 e. The van der Waals surface area contributed by atoms with E-state index in [2.05, 4.69) is 15.4 Å². The Hall–Kier alpha value is -2.42. The maximum atomic E-state index is 12.3. The summed E-state index contributed by atoms with van der Waals surface area (Å²) in [5.41, 5.74) is 1.36. The fourth-order valence-corrected chi connectivity index (χ4v) is 4.42. The Kier molecular flexibility index (Phi) is 4.86. The Morgan fingerprint density at radius 1 is 1.30 bits per heavy atom. The molecule has 8 nitrogen and oxygen atoms in total. The normalized spacial score (nSPS) is 18.3. The summed E-state index contributed by atoms with van der Waals surface area (Å²) < 4.78 is 3.01. The van der Waals surface area contributed by atoms with Crippen LogP contribution >= 0.6 is 11.8 Å². The highest BCUT2D eigenvalue weighted by atomic mass is 32.2. The van der Waals surface area contributed by atoms with Gasteiger partial charge in [-0.2, -0.15) is 5.10 Å². The highest BCUT2D eigenvalue weighted by molar-refractivity contribution is 7.99. The lowest BCUT2D eigenvalue weighted by Crippen LogP contribution is -2.34. The number of hydrogen-bond donors (Lipinski definition) is 1. The first-order valence-electron chi connectivity index (χ1n) is 9.09. The number of hydrogen-bond acceptors (Lipinski definition) is 6. The van der Waals surface area contributed by atoms with Gasteiger partial charge in [0.2, 0.25) is 5.91 Å². The van der Waals surface area contributed by atoms with Gasteiger partial charge in [0.1, 0.15) is 0 Å². The zero-order chi connectivity index (χ0) is 19.0. The molecule has 1 unspecified atom stereocenters. The van der Waals surface area contributed by atoms with Gasteiger partial charge in [0.25, 0.3) is 11.1 Å². The number of amides is 1. The van der Waals surface area contributed by atoms with E-state index >= 15 is 0 Å². The third-order valence-corrected chi connectivity index (χ3v) is 5.87. The summed E-state index contributed by atoms with van der Waals surface area (Å²) >= 11 is 1.50. The van der Waals surface area contributed by atoms with Crippen molar-refractivity contribution < 1.29 is 4.79 Å². The van der Waals surface area contributed by atoms with Gasteiger partial charge in [-0.05, 0) is 25.8 Å². The number of rotatable bonds is 6. The number of carbonyl (C=O) groups is 1. The topological polar surface area (TPSA) is 98.9 Å². The van der Waals surface area contributed by atoms with Gasteiger partial charge < -0.3 is 5.32 Å². The Morgan fingerprint density at radius 3 is 2.89 bits per heavy atom. The molecule has 2 aromatic rings. The van der Waals surface area contributed by atoms with E-state index < -0.39 is 0 Å². The predicted molar refractivity (Wildman–Crippen MR) is 101 cm³/mol. The van der Waals surface area contributed by atoms with E-state index in [9.17, 15) is 14.4 Å². The van der Waals surface area contributed by atoms with Crippen LogP contribution in [0.5, 0.6) is 0 Å². The molecule has 1 amide bonds. The Balaban J connectivity index is 1.33. The van der Waals surface area contributed by atoms with Crippen LogP contribution in [0, 0.1) is 6.92 Å². The Labute approximate surface area is 160 Å². The molecule has 0 spiro atoms. The molecular weight excluding hydrogens is 366 g/mol. The number of aryl methyl sites for hydroxylation is 1. The van der Waals surface area contributed by atoms with Gasteiger partial charge in [0.15, 0.2) is 5.16 Å². The molecule has 142 valence electrons. The molecule has 27 heavy (non-hydrogen) atoms. The summed E-state index contributed by atoms with van der Waals surface area (Å²) in [6.45, 7) is 2.45. The van der Waals surface area contributed by atoms with E-state index in [0.717, 1.165) is 18.5 Å². The predicted octanol–water partition coefficient (Wildman–Crippen LogP) is 0.839. The van der Waals surface area contributed by atoms with Crippen molar-refractivity contribution in [3.8, 4) is 0 Å². The van der Waals surface area contributed by atoms with Crippen LogP contribution < -0.4 is 16.4 Å². The first-order chi connectivity index (χ1) is 13.0. The minimum atomic E-state index is -0.190. The minimum Gasteiger partial charge on any atom is -0.354 e. The molecule has 9 heteroatoms. The zero-order valence-corrected chi connectivity index (χ0v) is 15.9. The summed E-state index contributed by atoms with van der Waals surface area (Å²) in [4.78, 5) is 40.7. The molecule has 1 saturated carbocycles. The standard InChI is InChI=1S/C18H21N5O3S/c1-11-8-17(26)23-13(10-27-18(23)20-11)9-15(24)19-6-7-22-16(25)5-4-14(21-22)12-2-3-12/h4-5,8,12-13H,2-3,6-7,9-10H2,1H3,(H,19,24). The highest BCUT2D eigenvalue weighted by Gasteiger charge is 2.27. The number of nitrogens with one attached hydrogen (secondary N) is 1. The van der Waals surface area contributed by atoms with E-state index in [-0.39, 0.29) is 29.5 Å². The fraction of sp³-hybridized carbons (Fsp3) is 0.500. The third-order valence-electron chi connectivity index (χ3n) is 4.77.